The number of hydrogen-bond donors (Lipinski definition) is 2. The van der Waals surface area contributed by atoms with Gasteiger partial charge >= 0.3 is 0 Å². The number of hydroxylamine groups is 1. The first-order valence-electron chi connectivity index (χ1n) is 12.4. The van der Waals surface area contributed by atoms with Gasteiger partial charge in [0.15, 0.2) is 0 Å². The lowest BCUT2D eigenvalue weighted by Gasteiger charge is -2.30. The highest BCUT2D eigenvalue weighted by molar-refractivity contribution is 7.83. The van der Waals surface area contributed by atoms with Crippen molar-refractivity contribution < 1.29 is 14.2 Å². The molecule has 188 valence electrons. The van der Waals surface area contributed by atoms with E-state index in [0.717, 1.165) is 51.3 Å². The number of rotatable bonds is 5. The van der Waals surface area contributed by atoms with Gasteiger partial charge in [0, 0.05) is 50.4 Å². The first-order chi connectivity index (χ1) is 16.5. The fourth-order valence-electron chi connectivity index (χ4n) is 4.60. The largest absolute Gasteiger partial charge is 0.355 e. The van der Waals surface area contributed by atoms with Gasteiger partial charge in [-0.05, 0) is 50.9 Å². The topological polar surface area (TPSA) is 89.0 Å². The number of likely N-dealkylation sites (N-methyl/N-ethyl adjacent to an activating group) is 1. The molecule has 3 heterocycles. The summed E-state index contributed by atoms with van der Waals surface area (Å²) in [5.74, 6) is 0.884. The third-order valence-electron chi connectivity index (χ3n) is 6.64. The standard InChI is InChI=1S/C23H33N5O3S.C2H6/c1-26-11-2-12-27(16-15-26)22-8-5-20(17-24-22)18-3-6-21(7-4-18)32(31)28-13-9-19(10-14-28)23(29)25-30;1-2/h3,5-6,8-9,17-18,21,30H,2,4,7,10-16H2,1H3,(H,25,29);1-2H3. The molecule has 9 heteroatoms. The summed E-state index contributed by atoms with van der Waals surface area (Å²) < 4.78 is 14.9. The zero-order valence-electron chi connectivity index (χ0n) is 20.7. The van der Waals surface area contributed by atoms with E-state index in [-0.39, 0.29) is 5.25 Å². The van der Waals surface area contributed by atoms with Crippen molar-refractivity contribution in [2.24, 2.45) is 0 Å². The maximum Gasteiger partial charge on any atom is 0.270 e. The summed E-state index contributed by atoms with van der Waals surface area (Å²) in [7, 11) is 1.05. The van der Waals surface area contributed by atoms with Gasteiger partial charge in [-0.15, -0.1) is 0 Å². The molecule has 3 atom stereocenters. The summed E-state index contributed by atoms with van der Waals surface area (Å²) >= 11 is 0. The van der Waals surface area contributed by atoms with Crippen LogP contribution in [0.3, 0.4) is 0 Å². The van der Waals surface area contributed by atoms with Crippen LogP contribution in [0, 0.1) is 0 Å². The normalized spacial score (nSPS) is 24.9. The molecule has 0 radical (unpaired) electrons. The maximum atomic E-state index is 13.0. The van der Waals surface area contributed by atoms with E-state index in [1.807, 2.05) is 24.3 Å². The number of carbonyl (C=O) groups excluding carboxylic acids is 1. The van der Waals surface area contributed by atoms with E-state index in [0.29, 0.717) is 31.0 Å². The van der Waals surface area contributed by atoms with Crippen LogP contribution in [0.1, 0.15) is 51.0 Å². The minimum absolute atomic E-state index is 0.00538. The summed E-state index contributed by atoms with van der Waals surface area (Å²) in [6.45, 7) is 9.27. The zero-order chi connectivity index (χ0) is 24.5. The Morgan fingerprint density at radius 1 is 1.12 bits per heavy atom. The Morgan fingerprint density at radius 3 is 2.56 bits per heavy atom. The molecule has 0 bridgehead atoms. The second-order valence-electron chi connectivity index (χ2n) is 8.79. The number of allylic oxidation sites excluding steroid dienone is 1. The van der Waals surface area contributed by atoms with E-state index in [9.17, 15) is 9.00 Å². The molecule has 8 nitrogen and oxygen atoms in total. The average Bonchev–Trinajstić information content (AvgIpc) is 3.13. The van der Waals surface area contributed by atoms with Crippen molar-refractivity contribution in [1.82, 2.24) is 19.7 Å². The summed E-state index contributed by atoms with van der Waals surface area (Å²) in [5.41, 5.74) is 3.42. The van der Waals surface area contributed by atoms with Gasteiger partial charge in [0.2, 0.25) is 0 Å². The molecule has 0 saturated carbocycles. The van der Waals surface area contributed by atoms with Gasteiger partial charge in [-0.1, -0.05) is 38.1 Å². The second kappa shape index (κ2) is 13.1. The van der Waals surface area contributed by atoms with Crippen molar-refractivity contribution in [2.75, 3.05) is 51.2 Å². The Hall–Kier alpha value is -2.07. The molecule has 1 fully saturated rings. The van der Waals surface area contributed by atoms with Crippen molar-refractivity contribution >= 4 is 22.7 Å². The fourth-order valence-corrected chi connectivity index (χ4v) is 6.04. The van der Waals surface area contributed by atoms with E-state index in [1.54, 1.807) is 11.6 Å². The summed E-state index contributed by atoms with van der Waals surface area (Å²) in [5, 5.41) is 8.75. The number of aromatic nitrogens is 1. The molecule has 1 aromatic heterocycles. The maximum absolute atomic E-state index is 13.0. The summed E-state index contributed by atoms with van der Waals surface area (Å²) in [4.78, 5) is 21.0. The Kier molecular flexibility index (Phi) is 10.2. The van der Waals surface area contributed by atoms with E-state index < -0.39 is 16.9 Å². The molecule has 2 N–H and O–H groups in total. The Morgan fingerprint density at radius 2 is 1.94 bits per heavy atom. The third-order valence-corrected chi connectivity index (χ3v) is 8.39. The third kappa shape index (κ3) is 6.75. The lowest BCUT2D eigenvalue weighted by atomic mass is 9.90. The SMILES string of the molecule is CC.CN1CCCN(c2ccc(C3C=CC(S(=O)N4CC=C(C(=O)NO)CC4)CC3)cn2)CC1. The molecule has 34 heavy (non-hydrogen) atoms. The summed E-state index contributed by atoms with van der Waals surface area (Å²) in [6.07, 6.45) is 11.5. The molecule has 0 aromatic carbocycles. The molecular weight excluding hydrogens is 450 g/mol. The highest BCUT2D eigenvalue weighted by Gasteiger charge is 2.28. The molecule has 0 spiro atoms. The van der Waals surface area contributed by atoms with Crippen LogP contribution in [0.5, 0.6) is 0 Å². The predicted octanol–water partition coefficient (Wildman–Crippen LogP) is 2.85. The highest BCUT2D eigenvalue weighted by Crippen LogP contribution is 2.31. The van der Waals surface area contributed by atoms with Crippen molar-refractivity contribution in [3.05, 3.63) is 47.7 Å². The van der Waals surface area contributed by atoms with Gasteiger partial charge in [-0.2, -0.15) is 0 Å². The zero-order valence-corrected chi connectivity index (χ0v) is 21.5. The molecule has 4 rings (SSSR count). The van der Waals surface area contributed by atoms with Crippen molar-refractivity contribution in [3.8, 4) is 0 Å². The van der Waals surface area contributed by atoms with E-state index in [1.165, 1.54) is 5.56 Å². The first kappa shape index (κ1) is 26.5. The van der Waals surface area contributed by atoms with E-state index in [2.05, 4.69) is 41.1 Å². The molecule has 1 aliphatic carbocycles. The van der Waals surface area contributed by atoms with Gasteiger partial charge in [-0.25, -0.2) is 19.0 Å². The van der Waals surface area contributed by atoms with Crippen LogP contribution in [-0.2, 0) is 15.8 Å². The molecule has 3 aliphatic rings. The van der Waals surface area contributed by atoms with Crippen molar-refractivity contribution in [1.29, 1.82) is 0 Å². The van der Waals surface area contributed by atoms with Crippen LogP contribution in [0.4, 0.5) is 5.82 Å². The van der Waals surface area contributed by atoms with Crippen LogP contribution in [0.25, 0.3) is 0 Å². The minimum Gasteiger partial charge on any atom is -0.355 e. The number of pyridine rings is 1. The fraction of sp³-hybridized carbons (Fsp3) is 0.600. The summed E-state index contributed by atoms with van der Waals surface area (Å²) in [6, 6.07) is 4.32. The van der Waals surface area contributed by atoms with Gasteiger partial charge < -0.3 is 9.80 Å². The van der Waals surface area contributed by atoms with Gasteiger partial charge in [0.05, 0.1) is 5.25 Å². The minimum atomic E-state index is -1.12. The van der Waals surface area contributed by atoms with Crippen LogP contribution in [0.2, 0.25) is 0 Å². The molecule has 2 aliphatic heterocycles. The second-order valence-corrected chi connectivity index (χ2v) is 10.5. The van der Waals surface area contributed by atoms with Crippen LogP contribution in [0.15, 0.2) is 42.1 Å². The molecule has 1 aromatic rings. The lowest BCUT2D eigenvalue weighted by molar-refractivity contribution is -0.125. The average molecular weight is 490 g/mol. The van der Waals surface area contributed by atoms with Crippen LogP contribution >= 0.6 is 0 Å². The van der Waals surface area contributed by atoms with Crippen LogP contribution in [-0.4, -0.2) is 81.1 Å². The molecule has 1 saturated heterocycles. The number of anilines is 1. The molecule has 1 amide bonds. The smallest absolute Gasteiger partial charge is 0.270 e. The quantitative estimate of drug-likeness (QED) is 0.376. The number of carbonyl (C=O) groups is 1. The highest BCUT2D eigenvalue weighted by atomic mass is 32.2. The van der Waals surface area contributed by atoms with E-state index >= 15 is 0 Å². The van der Waals surface area contributed by atoms with E-state index in [4.69, 9.17) is 10.2 Å². The van der Waals surface area contributed by atoms with Crippen molar-refractivity contribution in [2.45, 2.75) is 50.7 Å². The number of amides is 1. The Labute approximate surface area is 206 Å². The van der Waals surface area contributed by atoms with Gasteiger partial charge in [-0.3, -0.25) is 10.0 Å². The van der Waals surface area contributed by atoms with Crippen LogP contribution < -0.4 is 10.4 Å². The number of nitrogens with zero attached hydrogens (tertiary/aromatic N) is 4. The lowest BCUT2D eigenvalue weighted by Crippen LogP contribution is -2.38. The van der Waals surface area contributed by atoms with Gasteiger partial charge in [0.25, 0.3) is 5.91 Å². The Bertz CT molecular complexity index is 889. The number of nitrogens with one attached hydrogen (secondary N) is 1. The van der Waals surface area contributed by atoms with Crippen molar-refractivity contribution in [3.63, 3.8) is 0 Å². The monoisotopic (exact) mass is 489 g/mol. The predicted molar refractivity (Wildman–Crippen MR) is 137 cm³/mol. The molecular formula is C25H39N5O3S. The number of hydrogen-bond acceptors (Lipinski definition) is 6. The van der Waals surface area contributed by atoms with Gasteiger partial charge in [0.1, 0.15) is 16.8 Å². The molecule has 3 unspecified atom stereocenters. The Balaban J connectivity index is 0.00000158. The first-order valence-corrected chi connectivity index (χ1v) is 13.6.